The fraction of sp³-hybridized carbons (Fsp3) is 0.500. The van der Waals surface area contributed by atoms with E-state index in [9.17, 15) is 0 Å². The molecular weight excluding hydrogens is 246 g/mol. The molecule has 1 aromatic rings. The highest BCUT2D eigenvalue weighted by atomic mass is 79.9. The molecule has 0 amide bonds. The summed E-state index contributed by atoms with van der Waals surface area (Å²) in [7, 11) is 0. The summed E-state index contributed by atoms with van der Waals surface area (Å²) < 4.78 is 0.927. The Morgan fingerprint density at radius 2 is 2.00 bits per heavy atom. The van der Waals surface area contributed by atoms with Gasteiger partial charge in [0.05, 0.1) is 13.2 Å². The van der Waals surface area contributed by atoms with Crippen molar-refractivity contribution in [2.45, 2.75) is 13.3 Å². The molecule has 0 spiro atoms. The summed E-state index contributed by atoms with van der Waals surface area (Å²) in [5.74, 6) is 0. The van der Waals surface area contributed by atoms with E-state index < -0.39 is 5.41 Å². The quantitative estimate of drug-likeness (QED) is 0.859. The van der Waals surface area contributed by atoms with Gasteiger partial charge in [-0.05, 0) is 34.5 Å². The van der Waals surface area contributed by atoms with Gasteiger partial charge in [0, 0.05) is 21.8 Å². The van der Waals surface area contributed by atoms with Gasteiger partial charge in [-0.3, -0.25) is 4.98 Å². The Hall–Kier alpha value is -0.450. The van der Waals surface area contributed by atoms with Crippen LogP contribution in [0.4, 0.5) is 0 Å². The third-order valence-electron chi connectivity index (χ3n) is 2.16. The van der Waals surface area contributed by atoms with E-state index in [1.807, 2.05) is 19.1 Å². The summed E-state index contributed by atoms with van der Waals surface area (Å²) in [6.07, 6.45) is 2.29. The Labute approximate surface area is 91.9 Å². The number of halogens is 1. The van der Waals surface area contributed by atoms with E-state index in [0.29, 0.717) is 6.42 Å². The molecule has 0 aliphatic heterocycles. The van der Waals surface area contributed by atoms with Crippen LogP contribution in [-0.2, 0) is 6.42 Å². The lowest BCUT2D eigenvalue weighted by atomic mass is 9.87. The molecule has 1 heterocycles. The van der Waals surface area contributed by atoms with E-state index >= 15 is 0 Å². The van der Waals surface area contributed by atoms with E-state index in [0.717, 1.165) is 10.2 Å². The van der Waals surface area contributed by atoms with E-state index in [1.165, 1.54) is 0 Å². The predicted molar refractivity (Wildman–Crippen MR) is 57.9 cm³/mol. The molecule has 0 saturated heterocycles. The first-order valence-electron chi connectivity index (χ1n) is 4.42. The summed E-state index contributed by atoms with van der Waals surface area (Å²) >= 11 is 3.30. The number of aromatic nitrogens is 1. The Bertz CT molecular complexity index is 283. The third kappa shape index (κ3) is 3.04. The van der Waals surface area contributed by atoms with Crippen molar-refractivity contribution in [3.63, 3.8) is 0 Å². The minimum Gasteiger partial charge on any atom is -0.396 e. The minimum atomic E-state index is -0.485. The number of pyridine rings is 1. The average molecular weight is 260 g/mol. The Morgan fingerprint density at radius 1 is 1.36 bits per heavy atom. The molecule has 78 valence electrons. The van der Waals surface area contributed by atoms with E-state index in [1.54, 1.807) is 6.20 Å². The predicted octanol–water partition coefficient (Wildman–Crippen LogP) is 1.38. The lowest BCUT2D eigenvalue weighted by molar-refractivity contribution is 0.0696. The van der Waals surface area contributed by atoms with Crippen molar-refractivity contribution in [3.05, 3.63) is 28.5 Å². The highest BCUT2D eigenvalue weighted by Gasteiger charge is 2.23. The molecule has 1 rings (SSSR count). The molecule has 0 bridgehead atoms. The number of aliphatic hydroxyl groups is 2. The molecular formula is C10H14BrNO2. The third-order valence-corrected chi connectivity index (χ3v) is 2.63. The molecule has 0 radical (unpaired) electrons. The zero-order valence-corrected chi connectivity index (χ0v) is 9.66. The van der Waals surface area contributed by atoms with Gasteiger partial charge >= 0.3 is 0 Å². The fourth-order valence-electron chi connectivity index (χ4n) is 1.11. The summed E-state index contributed by atoms with van der Waals surface area (Å²) in [4.78, 5) is 4.19. The highest BCUT2D eigenvalue weighted by molar-refractivity contribution is 9.10. The number of hydrogen-bond acceptors (Lipinski definition) is 3. The van der Waals surface area contributed by atoms with Crippen LogP contribution in [0.2, 0.25) is 0 Å². The van der Waals surface area contributed by atoms with Crippen molar-refractivity contribution in [3.8, 4) is 0 Å². The molecule has 2 N–H and O–H groups in total. The van der Waals surface area contributed by atoms with Crippen LogP contribution in [0.1, 0.15) is 12.6 Å². The summed E-state index contributed by atoms with van der Waals surface area (Å²) in [6, 6.07) is 3.78. The van der Waals surface area contributed by atoms with Crippen LogP contribution in [0, 0.1) is 5.41 Å². The summed E-state index contributed by atoms with van der Waals surface area (Å²) in [5.41, 5.74) is 0.389. The van der Waals surface area contributed by atoms with Crippen molar-refractivity contribution in [1.82, 2.24) is 4.98 Å². The van der Waals surface area contributed by atoms with Crippen molar-refractivity contribution in [2.24, 2.45) is 5.41 Å². The monoisotopic (exact) mass is 259 g/mol. The van der Waals surface area contributed by atoms with Crippen LogP contribution in [0.15, 0.2) is 22.8 Å². The van der Waals surface area contributed by atoms with Crippen molar-refractivity contribution >= 4 is 15.9 Å². The van der Waals surface area contributed by atoms with Gasteiger partial charge in [-0.25, -0.2) is 0 Å². The van der Waals surface area contributed by atoms with Crippen molar-refractivity contribution < 1.29 is 10.2 Å². The largest absolute Gasteiger partial charge is 0.396 e. The van der Waals surface area contributed by atoms with Gasteiger partial charge in [0.2, 0.25) is 0 Å². The molecule has 4 heteroatoms. The fourth-order valence-corrected chi connectivity index (χ4v) is 1.34. The molecule has 0 aromatic carbocycles. The summed E-state index contributed by atoms with van der Waals surface area (Å²) in [5, 5.41) is 18.2. The molecule has 0 aliphatic rings. The molecule has 0 atom stereocenters. The van der Waals surface area contributed by atoms with Gasteiger partial charge in [0.25, 0.3) is 0 Å². The van der Waals surface area contributed by atoms with Crippen molar-refractivity contribution in [2.75, 3.05) is 13.2 Å². The zero-order chi connectivity index (χ0) is 10.6. The van der Waals surface area contributed by atoms with Gasteiger partial charge in [0.15, 0.2) is 0 Å². The number of hydrogen-bond donors (Lipinski definition) is 2. The second kappa shape index (κ2) is 4.87. The zero-order valence-electron chi connectivity index (χ0n) is 8.07. The molecule has 14 heavy (non-hydrogen) atoms. The first-order valence-corrected chi connectivity index (χ1v) is 5.21. The molecule has 1 aromatic heterocycles. The van der Waals surface area contributed by atoms with Gasteiger partial charge in [-0.1, -0.05) is 6.92 Å². The highest BCUT2D eigenvalue weighted by Crippen LogP contribution is 2.20. The first kappa shape index (κ1) is 11.6. The molecule has 0 unspecified atom stereocenters. The number of nitrogens with zero attached hydrogens (tertiary/aromatic N) is 1. The summed E-state index contributed by atoms with van der Waals surface area (Å²) in [6.45, 7) is 1.75. The van der Waals surface area contributed by atoms with Crippen LogP contribution in [0.5, 0.6) is 0 Å². The second-order valence-electron chi connectivity index (χ2n) is 3.77. The standard InChI is InChI=1S/C10H14BrNO2/c1-10(6-13,7-14)4-9-3-2-8(11)5-12-9/h2-3,5,13-14H,4,6-7H2,1H3. The van der Waals surface area contributed by atoms with Crippen LogP contribution >= 0.6 is 15.9 Å². The van der Waals surface area contributed by atoms with E-state index in [-0.39, 0.29) is 13.2 Å². The maximum Gasteiger partial charge on any atom is 0.0510 e. The Kier molecular flexibility index (Phi) is 4.04. The number of aliphatic hydroxyl groups excluding tert-OH is 2. The molecule has 0 fully saturated rings. The van der Waals surface area contributed by atoms with Crippen LogP contribution in [-0.4, -0.2) is 28.4 Å². The van der Waals surface area contributed by atoms with Gasteiger partial charge in [-0.15, -0.1) is 0 Å². The van der Waals surface area contributed by atoms with Gasteiger partial charge in [-0.2, -0.15) is 0 Å². The van der Waals surface area contributed by atoms with E-state index in [2.05, 4.69) is 20.9 Å². The Morgan fingerprint density at radius 3 is 2.43 bits per heavy atom. The molecule has 0 saturated carbocycles. The second-order valence-corrected chi connectivity index (χ2v) is 4.69. The molecule has 0 aliphatic carbocycles. The Balaban J connectivity index is 2.72. The van der Waals surface area contributed by atoms with Crippen LogP contribution in [0.25, 0.3) is 0 Å². The van der Waals surface area contributed by atoms with Gasteiger partial charge in [0.1, 0.15) is 0 Å². The number of rotatable bonds is 4. The average Bonchev–Trinajstić information content (AvgIpc) is 2.21. The lowest BCUT2D eigenvalue weighted by Crippen LogP contribution is -2.28. The normalized spacial score (nSPS) is 11.7. The smallest absolute Gasteiger partial charge is 0.0510 e. The van der Waals surface area contributed by atoms with Crippen LogP contribution < -0.4 is 0 Å². The van der Waals surface area contributed by atoms with Crippen LogP contribution in [0.3, 0.4) is 0 Å². The van der Waals surface area contributed by atoms with E-state index in [4.69, 9.17) is 10.2 Å². The van der Waals surface area contributed by atoms with Crippen molar-refractivity contribution in [1.29, 1.82) is 0 Å². The molecule has 3 nitrogen and oxygen atoms in total. The van der Waals surface area contributed by atoms with Gasteiger partial charge < -0.3 is 10.2 Å². The first-order chi connectivity index (χ1) is 6.59. The topological polar surface area (TPSA) is 53.4 Å². The SMILES string of the molecule is CC(CO)(CO)Cc1ccc(Br)cn1. The maximum atomic E-state index is 9.10. The minimum absolute atomic E-state index is 0.0404. The lowest BCUT2D eigenvalue weighted by Gasteiger charge is -2.23. The maximum absolute atomic E-state index is 9.10.